The molecular weight excluding hydrogens is 336 g/mol. The maximum atomic E-state index is 11.8. The number of aliphatic hydroxyl groups excluding tert-OH is 3. The van der Waals surface area contributed by atoms with Crippen LogP contribution in [0.5, 0.6) is 0 Å². The van der Waals surface area contributed by atoms with E-state index in [4.69, 9.17) is 10.2 Å². The lowest BCUT2D eigenvalue weighted by atomic mass is 10.1. The minimum absolute atomic E-state index is 0.113. The third kappa shape index (κ3) is 9.50. The van der Waals surface area contributed by atoms with Gasteiger partial charge in [-0.15, -0.1) is 0 Å². The van der Waals surface area contributed by atoms with Crippen molar-refractivity contribution >= 4 is 23.5 Å². The normalized spacial score (nSPS) is 15.8. The Hall–Kier alpha value is -2.36. The third-order valence-electron chi connectivity index (χ3n) is 2.66. The van der Waals surface area contributed by atoms with Crippen LogP contribution >= 0.6 is 0 Å². The van der Waals surface area contributed by atoms with Gasteiger partial charge in [0.05, 0.1) is 0 Å². The van der Waals surface area contributed by atoms with Crippen molar-refractivity contribution in [1.29, 1.82) is 0 Å². The molecule has 0 spiro atoms. The molecule has 0 aliphatic rings. The summed E-state index contributed by atoms with van der Waals surface area (Å²) in [7, 11) is 0. The van der Waals surface area contributed by atoms with E-state index in [9.17, 15) is 24.3 Å². The number of ketones is 2. The van der Waals surface area contributed by atoms with Crippen LogP contribution in [0.1, 0.15) is 34.1 Å². The van der Waals surface area contributed by atoms with Crippen LogP contribution < -0.4 is 0 Å². The largest absolute Gasteiger partial charge is 0.433 e. The summed E-state index contributed by atoms with van der Waals surface area (Å²) in [6, 6.07) is 0. The van der Waals surface area contributed by atoms with Gasteiger partial charge in [0.1, 0.15) is 6.10 Å². The van der Waals surface area contributed by atoms with Gasteiger partial charge in [-0.1, -0.05) is 0 Å². The Morgan fingerprint density at radius 2 is 1.24 bits per heavy atom. The van der Waals surface area contributed by atoms with Crippen LogP contribution in [0.4, 0.5) is 0 Å². The zero-order valence-corrected chi connectivity index (χ0v) is 14.4. The Kier molecular flexibility index (Phi) is 9.50. The Morgan fingerprint density at radius 3 is 1.64 bits per heavy atom. The molecule has 0 aromatic rings. The van der Waals surface area contributed by atoms with Gasteiger partial charge in [-0.05, 0) is 39.8 Å². The number of rotatable bonds is 9. The van der Waals surface area contributed by atoms with Crippen molar-refractivity contribution in [3.8, 4) is 0 Å². The standard InChI is InChI=1S/C16H22O9/c1-8(15(22)24-10(3)17)5-12(19)7-14(21)13(20)6-9(2)16(23)25-11(4)18/h5-6,10-11,14,17-18,21H,7H2,1-4H3/b8-5+,9-6+. The van der Waals surface area contributed by atoms with E-state index in [0.717, 1.165) is 12.2 Å². The molecule has 9 nitrogen and oxygen atoms in total. The van der Waals surface area contributed by atoms with E-state index in [0.29, 0.717) is 0 Å². The highest BCUT2D eigenvalue weighted by Gasteiger charge is 2.19. The molecule has 3 unspecified atom stereocenters. The lowest BCUT2D eigenvalue weighted by molar-refractivity contribution is -0.161. The molecule has 0 aromatic carbocycles. The van der Waals surface area contributed by atoms with Gasteiger partial charge < -0.3 is 24.8 Å². The fourth-order valence-corrected chi connectivity index (χ4v) is 1.51. The average molecular weight is 358 g/mol. The molecule has 0 aromatic heterocycles. The molecule has 0 saturated carbocycles. The molecule has 140 valence electrons. The van der Waals surface area contributed by atoms with Crippen LogP contribution in [-0.4, -0.2) is 57.5 Å². The van der Waals surface area contributed by atoms with Crippen LogP contribution in [0, 0.1) is 0 Å². The van der Waals surface area contributed by atoms with Crippen LogP contribution in [0.2, 0.25) is 0 Å². The number of aliphatic hydroxyl groups is 3. The lowest BCUT2D eigenvalue weighted by Gasteiger charge is -2.09. The first kappa shape index (κ1) is 22.6. The van der Waals surface area contributed by atoms with Gasteiger partial charge in [-0.25, -0.2) is 9.59 Å². The molecular formula is C16H22O9. The van der Waals surface area contributed by atoms with E-state index >= 15 is 0 Å². The fraction of sp³-hybridized carbons (Fsp3) is 0.500. The van der Waals surface area contributed by atoms with E-state index in [1.807, 2.05) is 0 Å². The van der Waals surface area contributed by atoms with Crippen LogP contribution in [0.25, 0.3) is 0 Å². The van der Waals surface area contributed by atoms with Gasteiger partial charge in [0.15, 0.2) is 24.1 Å². The summed E-state index contributed by atoms with van der Waals surface area (Å²) in [5, 5.41) is 27.5. The summed E-state index contributed by atoms with van der Waals surface area (Å²) in [6.07, 6.45) is -3.37. The van der Waals surface area contributed by atoms with Gasteiger partial charge in [0.25, 0.3) is 0 Å². The zero-order chi connectivity index (χ0) is 19.7. The molecule has 0 bridgehead atoms. The topological polar surface area (TPSA) is 147 Å². The van der Waals surface area contributed by atoms with Gasteiger partial charge in [0.2, 0.25) is 0 Å². The summed E-state index contributed by atoms with van der Waals surface area (Å²) < 4.78 is 8.91. The van der Waals surface area contributed by atoms with Gasteiger partial charge >= 0.3 is 11.9 Å². The van der Waals surface area contributed by atoms with Crippen molar-refractivity contribution in [2.24, 2.45) is 0 Å². The van der Waals surface area contributed by atoms with E-state index in [2.05, 4.69) is 9.47 Å². The maximum Gasteiger partial charge on any atom is 0.336 e. The highest BCUT2D eigenvalue weighted by atomic mass is 16.6. The number of hydrogen-bond donors (Lipinski definition) is 3. The molecule has 0 heterocycles. The van der Waals surface area contributed by atoms with Crippen LogP contribution in [0.3, 0.4) is 0 Å². The second-order valence-corrected chi connectivity index (χ2v) is 5.25. The minimum Gasteiger partial charge on any atom is -0.433 e. The Morgan fingerprint density at radius 1 is 0.840 bits per heavy atom. The van der Waals surface area contributed by atoms with Gasteiger partial charge in [-0.3, -0.25) is 9.59 Å². The molecule has 0 rings (SSSR count). The van der Waals surface area contributed by atoms with Crippen molar-refractivity contribution in [1.82, 2.24) is 0 Å². The SMILES string of the molecule is C/C(=C\C(=O)CC(O)C(=O)/C=C(\C)C(=O)OC(C)O)C(=O)OC(C)O. The quantitative estimate of drug-likeness (QED) is 0.283. The van der Waals surface area contributed by atoms with E-state index < -0.39 is 48.6 Å². The first-order valence-electron chi connectivity index (χ1n) is 7.33. The van der Waals surface area contributed by atoms with Crippen LogP contribution in [0.15, 0.2) is 23.3 Å². The summed E-state index contributed by atoms with van der Waals surface area (Å²) >= 11 is 0. The average Bonchev–Trinajstić information content (AvgIpc) is 2.45. The predicted molar refractivity (Wildman–Crippen MR) is 83.7 cm³/mol. The summed E-state index contributed by atoms with van der Waals surface area (Å²) in [5.41, 5.74) is -0.276. The molecule has 3 N–H and O–H groups in total. The Balaban J connectivity index is 4.79. The highest BCUT2D eigenvalue weighted by molar-refractivity contribution is 6.05. The van der Waals surface area contributed by atoms with Crippen molar-refractivity contribution in [3.05, 3.63) is 23.3 Å². The van der Waals surface area contributed by atoms with E-state index in [1.54, 1.807) is 0 Å². The Bertz CT molecular complexity index is 584. The first-order chi connectivity index (χ1) is 11.4. The number of allylic oxidation sites excluding steroid dienone is 1. The summed E-state index contributed by atoms with van der Waals surface area (Å²) in [4.78, 5) is 46.3. The number of hydrogen-bond acceptors (Lipinski definition) is 9. The van der Waals surface area contributed by atoms with Crippen molar-refractivity contribution in [3.63, 3.8) is 0 Å². The monoisotopic (exact) mass is 358 g/mol. The van der Waals surface area contributed by atoms with Crippen molar-refractivity contribution < 1.29 is 44.0 Å². The number of esters is 2. The third-order valence-corrected chi connectivity index (χ3v) is 2.66. The molecule has 3 atom stereocenters. The molecule has 0 aliphatic carbocycles. The molecule has 0 aliphatic heterocycles. The molecule has 0 saturated heterocycles. The minimum atomic E-state index is -1.72. The number of ether oxygens (including phenoxy) is 2. The van der Waals surface area contributed by atoms with Crippen molar-refractivity contribution in [2.45, 2.75) is 52.8 Å². The highest BCUT2D eigenvalue weighted by Crippen LogP contribution is 2.06. The number of carbonyl (C=O) groups excluding carboxylic acids is 4. The van der Waals surface area contributed by atoms with Gasteiger partial charge in [0, 0.05) is 17.6 Å². The second kappa shape index (κ2) is 10.5. The van der Waals surface area contributed by atoms with Crippen LogP contribution in [-0.2, 0) is 28.7 Å². The predicted octanol–water partition coefficient (Wildman–Crippen LogP) is -0.469. The molecule has 0 radical (unpaired) electrons. The molecule has 0 fully saturated rings. The zero-order valence-electron chi connectivity index (χ0n) is 14.4. The molecule has 0 amide bonds. The fourth-order valence-electron chi connectivity index (χ4n) is 1.51. The molecule has 9 heteroatoms. The van der Waals surface area contributed by atoms with E-state index in [1.165, 1.54) is 27.7 Å². The Labute approximate surface area is 144 Å². The summed E-state index contributed by atoms with van der Waals surface area (Å²) in [5.74, 6) is -3.50. The van der Waals surface area contributed by atoms with Gasteiger partial charge in [-0.2, -0.15) is 0 Å². The molecule has 25 heavy (non-hydrogen) atoms. The maximum absolute atomic E-state index is 11.8. The van der Waals surface area contributed by atoms with E-state index in [-0.39, 0.29) is 11.1 Å². The number of carbonyl (C=O) groups is 4. The first-order valence-corrected chi connectivity index (χ1v) is 7.33. The van der Waals surface area contributed by atoms with Crippen molar-refractivity contribution in [2.75, 3.05) is 0 Å². The summed E-state index contributed by atoms with van der Waals surface area (Å²) in [6.45, 7) is 4.94. The smallest absolute Gasteiger partial charge is 0.336 e. The lowest BCUT2D eigenvalue weighted by Crippen LogP contribution is -2.23. The second-order valence-electron chi connectivity index (χ2n) is 5.25.